The van der Waals surface area contributed by atoms with E-state index < -0.39 is 0 Å². The Morgan fingerprint density at radius 3 is 2.17 bits per heavy atom. The fourth-order valence-corrected chi connectivity index (χ4v) is 4.06. The van der Waals surface area contributed by atoms with E-state index in [1.165, 1.54) is 0 Å². The molecular weight excluding hydrogens is 378 g/mol. The predicted molar refractivity (Wildman–Crippen MR) is 116 cm³/mol. The Bertz CT molecular complexity index is 1030. The van der Waals surface area contributed by atoms with Gasteiger partial charge in [0.2, 0.25) is 0 Å². The zero-order valence-corrected chi connectivity index (χ0v) is 17.4. The molecule has 5 heteroatoms. The zero-order valence-electron chi connectivity index (χ0n) is 17.4. The molecule has 3 aromatic carbocycles. The summed E-state index contributed by atoms with van der Waals surface area (Å²) in [6.45, 7) is 0.618. The second kappa shape index (κ2) is 8.49. The van der Waals surface area contributed by atoms with Crippen LogP contribution in [-0.2, 0) is 6.42 Å². The second-order valence-electron chi connectivity index (χ2n) is 7.20. The van der Waals surface area contributed by atoms with Gasteiger partial charge in [-0.2, -0.15) is 0 Å². The van der Waals surface area contributed by atoms with Crippen LogP contribution in [0.5, 0.6) is 17.2 Å². The number of fused-ring (bicyclic) bond motifs is 1. The molecule has 1 heterocycles. The molecule has 0 bridgehead atoms. The normalized spacial score (nSPS) is 15.3. The maximum atomic E-state index is 13.4. The highest BCUT2D eigenvalue weighted by Crippen LogP contribution is 2.41. The van der Waals surface area contributed by atoms with Crippen LogP contribution in [-0.4, -0.2) is 38.7 Å². The molecule has 1 amide bonds. The van der Waals surface area contributed by atoms with Gasteiger partial charge in [-0.3, -0.25) is 4.79 Å². The topological polar surface area (TPSA) is 48.0 Å². The van der Waals surface area contributed by atoms with Crippen molar-refractivity contribution < 1.29 is 19.0 Å². The van der Waals surface area contributed by atoms with Crippen molar-refractivity contribution in [3.8, 4) is 17.2 Å². The number of carbonyl (C=O) groups excluding carboxylic acids is 1. The fourth-order valence-electron chi connectivity index (χ4n) is 4.06. The molecule has 154 valence electrons. The average Bonchev–Trinajstić information content (AvgIpc) is 2.82. The summed E-state index contributed by atoms with van der Waals surface area (Å²) in [6.07, 6.45) is 0.751. The summed E-state index contributed by atoms with van der Waals surface area (Å²) < 4.78 is 16.4. The monoisotopic (exact) mass is 403 g/mol. The van der Waals surface area contributed by atoms with Crippen LogP contribution in [0.15, 0.2) is 66.7 Å². The van der Waals surface area contributed by atoms with Gasteiger partial charge in [0.25, 0.3) is 5.91 Å². The van der Waals surface area contributed by atoms with E-state index in [1.807, 2.05) is 71.6 Å². The maximum absolute atomic E-state index is 13.4. The number of benzene rings is 3. The molecule has 0 fully saturated rings. The zero-order chi connectivity index (χ0) is 21.1. The standard InChI is InChI=1S/C25H25NO4/c1-28-20-11-9-17(10-12-20)24-21-16-23(30-3)22(29-2)15-19(21)13-14-26(24)25(27)18-7-5-4-6-8-18/h4-12,15-16,24H,13-14H2,1-3H3/t24-/m1/s1. The molecule has 1 aliphatic rings. The molecule has 0 aromatic heterocycles. The molecule has 0 N–H and O–H groups in total. The smallest absolute Gasteiger partial charge is 0.254 e. The summed E-state index contributed by atoms with van der Waals surface area (Å²) in [5.74, 6) is 2.15. The van der Waals surface area contributed by atoms with Gasteiger partial charge in [-0.1, -0.05) is 30.3 Å². The van der Waals surface area contributed by atoms with Crippen molar-refractivity contribution in [3.63, 3.8) is 0 Å². The maximum Gasteiger partial charge on any atom is 0.254 e. The quantitative estimate of drug-likeness (QED) is 0.629. The minimum absolute atomic E-state index is 0.0110. The van der Waals surface area contributed by atoms with Gasteiger partial charge in [0.1, 0.15) is 5.75 Å². The Kier molecular flexibility index (Phi) is 5.61. The molecule has 0 saturated carbocycles. The number of hydrogen-bond acceptors (Lipinski definition) is 4. The first-order chi connectivity index (χ1) is 14.7. The lowest BCUT2D eigenvalue weighted by Crippen LogP contribution is -2.40. The Hall–Kier alpha value is -3.47. The van der Waals surface area contributed by atoms with Gasteiger partial charge in [-0.05, 0) is 59.5 Å². The molecule has 1 aliphatic heterocycles. The number of methoxy groups -OCH3 is 3. The Labute approximate surface area is 176 Å². The molecule has 0 aliphatic carbocycles. The van der Waals surface area contributed by atoms with E-state index in [1.54, 1.807) is 21.3 Å². The minimum atomic E-state index is -0.229. The van der Waals surface area contributed by atoms with E-state index in [-0.39, 0.29) is 11.9 Å². The second-order valence-corrected chi connectivity index (χ2v) is 7.20. The molecule has 4 rings (SSSR count). The number of hydrogen-bond donors (Lipinski definition) is 0. The highest BCUT2D eigenvalue weighted by molar-refractivity contribution is 5.95. The molecule has 30 heavy (non-hydrogen) atoms. The van der Waals surface area contributed by atoms with Crippen LogP contribution >= 0.6 is 0 Å². The van der Waals surface area contributed by atoms with E-state index in [2.05, 4.69) is 0 Å². The number of ether oxygens (including phenoxy) is 3. The van der Waals surface area contributed by atoms with Crippen molar-refractivity contribution in [2.75, 3.05) is 27.9 Å². The first-order valence-corrected chi connectivity index (χ1v) is 9.91. The summed E-state index contributed by atoms with van der Waals surface area (Å²) in [5, 5.41) is 0. The summed E-state index contributed by atoms with van der Waals surface area (Å²) >= 11 is 0. The van der Waals surface area contributed by atoms with Gasteiger partial charge < -0.3 is 19.1 Å². The molecule has 0 spiro atoms. The average molecular weight is 403 g/mol. The van der Waals surface area contributed by atoms with Gasteiger partial charge in [-0.15, -0.1) is 0 Å². The van der Waals surface area contributed by atoms with Crippen LogP contribution in [0.3, 0.4) is 0 Å². The molecule has 5 nitrogen and oxygen atoms in total. The molecular formula is C25H25NO4. The summed E-state index contributed by atoms with van der Waals surface area (Å²) in [6, 6.07) is 21.1. The Balaban J connectivity index is 1.84. The Morgan fingerprint density at radius 2 is 1.53 bits per heavy atom. The lowest BCUT2D eigenvalue weighted by Gasteiger charge is -2.38. The fraction of sp³-hybridized carbons (Fsp3) is 0.240. The molecule has 0 saturated heterocycles. The molecule has 3 aromatic rings. The van der Waals surface area contributed by atoms with E-state index in [0.717, 1.165) is 28.9 Å². The van der Waals surface area contributed by atoms with Crippen LogP contribution in [0.4, 0.5) is 0 Å². The highest BCUT2D eigenvalue weighted by Gasteiger charge is 2.33. The van der Waals surface area contributed by atoms with Crippen molar-refractivity contribution in [3.05, 3.63) is 89.0 Å². The minimum Gasteiger partial charge on any atom is -0.497 e. The van der Waals surface area contributed by atoms with Crippen LogP contribution in [0.1, 0.15) is 33.1 Å². The third-order valence-electron chi connectivity index (χ3n) is 5.59. The van der Waals surface area contributed by atoms with Gasteiger partial charge in [0.15, 0.2) is 11.5 Å². The lowest BCUT2D eigenvalue weighted by molar-refractivity contribution is 0.0694. The van der Waals surface area contributed by atoms with E-state index in [0.29, 0.717) is 23.6 Å². The third-order valence-corrected chi connectivity index (χ3v) is 5.59. The number of nitrogens with zero attached hydrogens (tertiary/aromatic N) is 1. The van der Waals surface area contributed by atoms with Crippen LogP contribution < -0.4 is 14.2 Å². The predicted octanol–water partition coefficient (Wildman–Crippen LogP) is 4.50. The van der Waals surface area contributed by atoms with Crippen LogP contribution in [0.25, 0.3) is 0 Å². The molecule has 1 atom stereocenters. The first-order valence-electron chi connectivity index (χ1n) is 9.91. The van der Waals surface area contributed by atoms with Crippen molar-refractivity contribution in [2.24, 2.45) is 0 Å². The van der Waals surface area contributed by atoms with Crippen molar-refractivity contribution >= 4 is 5.91 Å². The number of amides is 1. The van der Waals surface area contributed by atoms with Crippen molar-refractivity contribution in [1.29, 1.82) is 0 Å². The number of carbonyl (C=O) groups is 1. The largest absolute Gasteiger partial charge is 0.497 e. The lowest BCUT2D eigenvalue weighted by atomic mass is 9.87. The summed E-state index contributed by atoms with van der Waals surface area (Å²) in [4.78, 5) is 15.4. The first kappa shape index (κ1) is 19.8. The van der Waals surface area contributed by atoms with Crippen molar-refractivity contribution in [1.82, 2.24) is 4.90 Å². The Morgan fingerprint density at radius 1 is 0.867 bits per heavy atom. The highest BCUT2D eigenvalue weighted by atomic mass is 16.5. The summed E-state index contributed by atoms with van der Waals surface area (Å²) in [7, 11) is 4.91. The van der Waals surface area contributed by atoms with Gasteiger partial charge in [0, 0.05) is 12.1 Å². The van der Waals surface area contributed by atoms with E-state index in [9.17, 15) is 4.79 Å². The van der Waals surface area contributed by atoms with Gasteiger partial charge in [0.05, 0.1) is 27.4 Å². The molecule has 0 radical (unpaired) electrons. The molecule has 0 unspecified atom stereocenters. The third kappa shape index (κ3) is 3.59. The van der Waals surface area contributed by atoms with E-state index >= 15 is 0 Å². The summed E-state index contributed by atoms with van der Waals surface area (Å²) in [5.41, 5.74) is 3.91. The van der Waals surface area contributed by atoms with E-state index in [4.69, 9.17) is 14.2 Å². The number of rotatable bonds is 5. The van der Waals surface area contributed by atoms with Crippen LogP contribution in [0.2, 0.25) is 0 Å². The van der Waals surface area contributed by atoms with Crippen molar-refractivity contribution in [2.45, 2.75) is 12.5 Å². The van der Waals surface area contributed by atoms with Crippen LogP contribution in [0, 0.1) is 0 Å². The van der Waals surface area contributed by atoms with Gasteiger partial charge >= 0.3 is 0 Å². The SMILES string of the molecule is COc1ccc([C@@H]2c3cc(OC)c(OC)cc3CCN2C(=O)c2ccccc2)cc1. The van der Waals surface area contributed by atoms with Gasteiger partial charge in [-0.25, -0.2) is 0 Å².